The molecule has 0 saturated heterocycles. The number of rotatable bonds is 6. The number of hydrogen-bond donors (Lipinski definition) is 3. The standard InChI is InChI=1S/C15H26N4O/c1-10(2)13-12(16)14(19-18-13)15(20)17-9-5-8-11-6-3-4-7-11/h10-11H,3-9,16H2,1-2H3,(H,17,20)(H,18,19). The molecular formula is C15H26N4O. The van der Waals surface area contributed by atoms with Crippen molar-refractivity contribution in [3.63, 3.8) is 0 Å². The second kappa shape index (κ2) is 6.77. The molecule has 20 heavy (non-hydrogen) atoms. The number of carbonyl (C=O) groups excluding carboxylic acids is 1. The van der Waals surface area contributed by atoms with Gasteiger partial charge in [-0.1, -0.05) is 39.5 Å². The van der Waals surface area contributed by atoms with E-state index in [-0.39, 0.29) is 11.8 Å². The summed E-state index contributed by atoms with van der Waals surface area (Å²) in [6, 6.07) is 0. The summed E-state index contributed by atoms with van der Waals surface area (Å²) in [7, 11) is 0. The number of nitrogens with zero attached hydrogens (tertiary/aromatic N) is 1. The molecule has 0 aromatic carbocycles. The van der Waals surface area contributed by atoms with Crippen LogP contribution in [0, 0.1) is 5.92 Å². The van der Waals surface area contributed by atoms with Crippen LogP contribution in [0.4, 0.5) is 5.69 Å². The van der Waals surface area contributed by atoms with Crippen LogP contribution in [-0.4, -0.2) is 22.6 Å². The van der Waals surface area contributed by atoms with Crippen molar-refractivity contribution in [3.05, 3.63) is 11.4 Å². The van der Waals surface area contributed by atoms with Gasteiger partial charge in [0.2, 0.25) is 0 Å². The van der Waals surface area contributed by atoms with Gasteiger partial charge < -0.3 is 11.1 Å². The third kappa shape index (κ3) is 3.52. The smallest absolute Gasteiger partial charge is 0.273 e. The van der Waals surface area contributed by atoms with E-state index in [1.807, 2.05) is 13.8 Å². The van der Waals surface area contributed by atoms with Crippen molar-refractivity contribution in [2.75, 3.05) is 12.3 Å². The highest BCUT2D eigenvalue weighted by Gasteiger charge is 2.19. The van der Waals surface area contributed by atoms with Gasteiger partial charge >= 0.3 is 0 Å². The first-order valence-corrected chi connectivity index (χ1v) is 7.71. The highest BCUT2D eigenvalue weighted by atomic mass is 16.1. The van der Waals surface area contributed by atoms with Gasteiger partial charge in [-0.2, -0.15) is 5.10 Å². The molecule has 5 nitrogen and oxygen atoms in total. The maximum Gasteiger partial charge on any atom is 0.273 e. The molecule has 1 heterocycles. The maximum absolute atomic E-state index is 12.0. The van der Waals surface area contributed by atoms with Crippen LogP contribution < -0.4 is 11.1 Å². The normalized spacial score (nSPS) is 15.9. The Labute approximate surface area is 120 Å². The van der Waals surface area contributed by atoms with E-state index in [9.17, 15) is 4.79 Å². The maximum atomic E-state index is 12.0. The van der Waals surface area contributed by atoms with Crippen molar-refractivity contribution in [3.8, 4) is 0 Å². The molecule has 1 aromatic rings. The lowest BCUT2D eigenvalue weighted by molar-refractivity contribution is 0.0948. The minimum Gasteiger partial charge on any atom is -0.395 e. The van der Waals surface area contributed by atoms with Gasteiger partial charge in [-0.05, 0) is 24.7 Å². The van der Waals surface area contributed by atoms with Crippen LogP contribution in [0.1, 0.15) is 74.5 Å². The lowest BCUT2D eigenvalue weighted by Crippen LogP contribution is -2.26. The Bertz CT molecular complexity index is 447. The predicted octanol–water partition coefficient (Wildman–Crippen LogP) is 2.82. The van der Waals surface area contributed by atoms with Gasteiger partial charge in [0.25, 0.3) is 5.91 Å². The molecule has 0 radical (unpaired) electrons. The van der Waals surface area contributed by atoms with Gasteiger partial charge in [0.05, 0.1) is 11.4 Å². The summed E-state index contributed by atoms with van der Waals surface area (Å²) in [6.07, 6.45) is 7.72. The Hall–Kier alpha value is -1.52. The molecule has 1 saturated carbocycles. The van der Waals surface area contributed by atoms with Gasteiger partial charge in [-0.15, -0.1) is 0 Å². The molecular weight excluding hydrogens is 252 g/mol. The van der Waals surface area contributed by atoms with Crippen molar-refractivity contribution >= 4 is 11.6 Å². The lowest BCUT2D eigenvalue weighted by Gasteiger charge is -2.09. The first-order valence-electron chi connectivity index (χ1n) is 7.71. The molecule has 0 spiro atoms. The van der Waals surface area contributed by atoms with Crippen LogP contribution in [0.3, 0.4) is 0 Å². The van der Waals surface area contributed by atoms with Crippen molar-refractivity contribution < 1.29 is 4.79 Å². The van der Waals surface area contributed by atoms with Gasteiger partial charge in [-0.3, -0.25) is 9.89 Å². The van der Waals surface area contributed by atoms with E-state index in [1.54, 1.807) is 0 Å². The molecule has 0 aliphatic heterocycles. The van der Waals surface area contributed by atoms with Gasteiger partial charge in [0, 0.05) is 6.54 Å². The van der Waals surface area contributed by atoms with E-state index in [1.165, 1.54) is 32.1 Å². The first-order chi connectivity index (χ1) is 9.59. The summed E-state index contributed by atoms with van der Waals surface area (Å²) < 4.78 is 0. The summed E-state index contributed by atoms with van der Waals surface area (Å²) in [5.41, 5.74) is 7.60. The minimum absolute atomic E-state index is 0.169. The molecule has 1 fully saturated rings. The second-order valence-corrected chi connectivity index (χ2v) is 6.10. The number of nitrogens with one attached hydrogen (secondary N) is 2. The molecule has 1 aliphatic carbocycles. The fraction of sp³-hybridized carbons (Fsp3) is 0.733. The van der Waals surface area contributed by atoms with Crippen molar-refractivity contribution in [1.82, 2.24) is 15.5 Å². The molecule has 0 atom stereocenters. The Morgan fingerprint density at radius 2 is 2.15 bits per heavy atom. The Morgan fingerprint density at radius 3 is 2.75 bits per heavy atom. The van der Waals surface area contributed by atoms with Crippen LogP contribution in [0.2, 0.25) is 0 Å². The molecule has 1 amide bonds. The molecule has 112 valence electrons. The second-order valence-electron chi connectivity index (χ2n) is 6.10. The Kier molecular flexibility index (Phi) is 5.04. The van der Waals surface area contributed by atoms with Crippen molar-refractivity contribution in [1.29, 1.82) is 0 Å². The third-order valence-corrected chi connectivity index (χ3v) is 4.18. The molecule has 0 bridgehead atoms. The number of aromatic nitrogens is 2. The number of aromatic amines is 1. The molecule has 0 unspecified atom stereocenters. The molecule has 4 N–H and O–H groups in total. The quantitative estimate of drug-likeness (QED) is 0.700. The predicted molar refractivity (Wildman–Crippen MR) is 80.6 cm³/mol. The van der Waals surface area contributed by atoms with E-state index in [0.29, 0.717) is 17.9 Å². The summed E-state index contributed by atoms with van der Waals surface area (Å²) in [5.74, 6) is 0.943. The van der Waals surface area contributed by atoms with E-state index in [0.717, 1.165) is 18.0 Å². The number of hydrogen-bond acceptors (Lipinski definition) is 3. The topological polar surface area (TPSA) is 83.8 Å². The highest BCUT2D eigenvalue weighted by Crippen LogP contribution is 2.28. The van der Waals surface area contributed by atoms with Crippen LogP contribution in [0.5, 0.6) is 0 Å². The molecule has 1 aromatic heterocycles. The third-order valence-electron chi connectivity index (χ3n) is 4.18. The Morgan fingerprint density at radius 1 is 1.45 bits per heavy atom. The minimum atomic E-state index is -0.169. The van der Waals surface area contributed by atoms with Gasteiger partial charge in [-0.25, -0.2) is 0 Å². The van der Waals surface area contributed by atoms with Gasteiger partial charge in [0.15, 0.2) is 5.69 Å². The zero-order chi connectivity index (χ0) is 14.5. The largest absolute Gasteiger partial charge is 0.395 e. The van der Waals surface area contributed by atoms with Crippen LogP contribution in [0.25, 0.3) is 0 Å². The fourth-order valence-corrected chi connectivity index (χ4v) is 2.95. The zero-order valence-electron chi connectivity index (χ0n) is 12.5. The highest BCUT2D eigenvalue weighted by molar-refractivity contribution is 5.97. The monoisotopic (exact) mass is 278 g/mol. The molecule has 2 rings (SSSR count). The summed E-state index contributed by atoms with van der Waals surface area (Å²) in [5, 5.41) is 9.80. The van der Waals surface area contributed by atoms with Crippen LogP contribution >= 0.6 is 0 Å². The molecule has 1 aliphatic rings. The van der Waals surface area contributed by atoms with E-state index < -0.39 is 0 Å². The number of carbonyl (C=O) groups is 1. The average Bonchev–Trinajstić information content (AvgIpc) is 3.03. The van der Waals surface area contributed by atoms with Crippen molar-refractivity contribution in [2.45, 2.75) is 58.3 Å². The number of nitrogens with two attached hydrogens (primary N) is 1. The van der Waals surface area contributed by atoms with E-state index in [4.69, 9.17) is 5.73 Å². The van der Waals surface area contributed by atoms with E-state index >= 15 is 0 Å². The number of H-pyrrole nitrogens is 1. The lowest BCUT2D eigenvalue weighted by atomic mass is 10.0. The number of anilines is 1. The van der Waals surface area contributed by atoms with Crippen molar-refractivity contribution in [2.24, 2.45) is 5.92 Å². The Balaban J connectivity index is 1.76. The molecule has 5 heteroatoms. The summed E-state index contributed by atoms with van der Waals surface area (Å²) in [6.45, 7) is 4.75. The zero-order valence-corrected chi connectivity index (χ0v) is 12.5. The number of nitrogen functional groups attached to an aromatic ring is 1. The summed E-state index contributed by atoms with van der Waals surface area (Å²) >= 11 is 0. The van der Waals surface area contributed by atoms with Crippen LogP contribution in [0.15, 0.2) is 0 Å². The average molecular weight is 278 g/mol. The SMILES string of the molecule is CC(C)c1[nH]nc(C(=O)NCCCC2CCCC2)c1N. The number of amides is 1. The van der Waals surface area contributed by atoms with E-state index in [2.05, 4.69) is 15.5 Å². The summed E-state index contributed by atoms with van der Waals surface area (Å²) in [4.78, 5) is 12.0. The van der Waals surface area contributed by atoms with Crippen LogP contribution in [-0.2, 0) is 0 Å². The first kappa shape index (κ1) is 14.9. The van der Waals surface area contributed by atoms with Gasteiger partial charge in [0.1, 0.15) is 0 Å². The fourth-order valence-electron chi connectivity index (χ4n) is 2.95.